The van der Waals surface area contributed by atoms with Gasteiger partial charge >= 0.3 is 0 Å². The van der Waals surface area contributed by atoms with Crippen LogP contribution in [0.2, 0.25) is 10.2 Å². The molecule has 2 heterocycles. The summed E-state index contributed by atoms with van der Waals surface area (Å²) in [5.41, 5.74) is 1.09. The third-order valence-electron chi connectivity index (χ3n) is 4.17. The van der Waals surface area contributed by atoms with Gasteiger partial charge in [0.05, 0.1) is 34.0 Å². The molecule has 0 spiro atoms. The molecule has 6 nitrogen and oxygen atoms in total. The minimum Gasteiger partial charge on any atom is -0.372 e. The largest absolute Gasteiger partial charge is 0.372 e. The summed E-state index contributed by atoms with van der Waals surface area (Å²) in [6, 6.07) is 8.32. The smallest absolute Gasteiger partial charge is 0.257 e. The summed E-state index contributed by atoms with van der Waals surface area (Å²) in [6.07, 6.45) is 1.25. The van der Waals surface area contributed by atoms with Crippen LogP contribution in [0.1, 0.15) is 34.6 Å². The number of amides is 2. The fourth-order valence-electron chi connectivity index (χ4n) is 3.03. The van der Waals surface area contributed by atoms with E-state index in [0.29, 0.717) is 24.3 Å². The molecule has 1 fully saturated rings. The molecular weight excluding hydrogens is 389 g/mol. The van der Waals surface area contributed by atoms with Crippen molar-refractivity contribution >= 4 is 40.7 Å². The summed E-state index contributed by atoms with van der Waals surface area (Å²) >= 11 is 11.7. The van der Waals surface area contributed by atoms with Gasteiger partial charge in [-0.15, -0.1) is 0 Å². The first-order valence-electron chi connectivity index (χ1n) is 8.51. The molecule has 0 saturated carbocycles. The van der Waals surface area contributed by atoms with Crippen molar-refractivity contribution in [2.24, 2.45) is 0 Å². The molecule has 2 aromatic rings. The van der Waals surface area contributed by atoms with E-state index in [1.807, 2.05) is 13.8 Å². The number of benzene rings is 1. The Kier molecular flexibility index (Phi) is 5.99. The molecule has 27 heavy (non-hydrogen) atoms. The van der Waals surface area contributed by atoms with Crippen molar-refractivity contribution in [1.29, 1.82) is 0 Å². The standard InChI is InChI=1S/C19H19Cl2N3O3/c1-11-9-24(10-12(2)27-11)19(26)14-5-3-4-6-16(14)23-18(25)13-7-15(20)17(21)22-8-13/h3-8,11-12H,9-10H2,1-2H3,(H,23,25)/t11-,12+. The molecular formula is C19H19Cl2N3O3. The van der Waals surface area contributed by atoms with E-state index in [1.165, 1.54) is 12.3 Å². The number of hydrogen-bond donors (Lipinski definition) is 1. The molecule has 8 heteroatoms. The minimum atomic E-state index is -0.426. The number of nitrogens with one attached hydrogen (secondary N) is 1. The predicted octanol–water partition coefficient (Wildman–Crippen LogP) is 3.89. The molecule has 0 bridgehead atoms. The molecule has 1 saturated heterocycles. The Morgan fingerprint density at radius 3 is 2.52 bits per heavy atom. The van der Waals surface area contributed by atoms with Crippen LogP contribution < -0.4 is 5.32 Å². The summed E-state index contributed by atoms with van der Waals surface area (Å²) in [6.45, 7) is 4.87. The van der Waals surface area contributed by atoms with Gasteiger partial charge in [0.25, 0.3) is 11.8 Å². The molecule has 2 atom stereocenters. The Balaban J connectivity index is 1.82. The number of carbonyl (C=O) groups is 2. The first-order chi connectivity index (χ1) is 12.8. The van der Waals surface area contributed by atoms with Gasteiger partial charge in [0.2, 0.25) is 0 Å². The van der Waals surface area contributed by atoms with Crippen molar-refractivity contribution in [2.45, 2.75) is 26.1 Å². The number of pyridine rings is 1. The van der Waals surface area contributed by atoms with Crippen LogP contribution in [-0.4, -0.2) is 47.0 Å². The van der Waals surface area contributed by atoms with Crippen LogP contribution in [-0.2, 0) is 4.74 Å². The van der Waals surface area contributed by atoms with Gasteiger partial charge in [0, 0.05) is 19.3 Å². The van der Waals surface area contributed by atoms with Gasteiger partial charge in [-0.25, -0.2) is 4.98 Å². The maximum Gasteiger partial charge on any atom is 0.257 e. The van der Waals surface area contributed by atoms with Crippen molar-refractivity contribution in [3.05, 3.63) is 57.8 Å². The molecule has 142 valence electrons. The van der Waals surface area contributed by atoms with Gasteiger partial charge in [0.15, 0.2) is 0 Å². The number of carbonyl (C=O) groups excluding carboxylic acids is 2. The molecule has 0 radical (unpaired) electrons. The zero-order chi connectivity index (χ0) is 19.6. The third-order valence-corrected chi connectivity index (χ3v) is 4.86. The Bertz CT molecular complexity index is 865. The van der Waals surface area contributed by atoms with Crippen molar-refractivity contribution in [3.63, 3.8) is 0 Å². The minimum absolute atomic E-state index is 0.0401. The number of hydrogen-bond acceptors (Lipinski definition) is 4. The molecule has 1 aliphatic heterocycles. The normalized spacial score (nSPS) is 19.6. The summed E-state index contributed by atoms with van der Waals surface area (Å²) in [4.78, 5) is 31.1. The first kappa shape index (κ1) is 19.6. The van der Waals surface area contributed by atoms with Gasteiger partial charge in [0.1, 0.15) is 5.15 Å². The van der Waals surface area contributed by atoms with Crippen molar-refractivity contribution < 1.29 is 14.3 Å². The summed E-state index contributed by atoms with van der Waals surface area (Å²) in [5.74, 6) is -0.579. The highest BCUT2D eigenvalue weighted by Crippen LogP contribution is 2.23. The number of ether oxygens (including phenoxy) is 1. The average Bonchev–Trinajstić information content (AvgIpc) is 2.63. The topological polar surface area (TPSA) is 71.5 Å². The average molecular weight is 408 g/mol. The van der Waals surface area contributed by atoms with E-state index >= 15 is 0 Å². The zero-order valence-corrected chi connectivity index (χ0v) is 16.4. The number of halogens is 2. The lowest BCUT2D eigenvalue weighted by molar-refractivity contribution is -0.0585. The Morgan fingerprint density at radius 2 is 1.85 bits per heavy atom. The number of para-hydroxylation sites is 1. The lowest BCUT2D eigenvalue weighted by atomic mass is 10.1. The number of nitrogens with zero attached hydrogens (tertiary/aromatic N) is 2. The number of rotatable bonds is 3. The summed E-state index contributed by atoms with van der Waals surface area (Å²) in [5, 5.41) is 3.07. The summed E-state index contributed by atoms with van der Waals surface area (Å²) < 4.78 is 5.68. The van der Waals surface area contributed by atoms with E-state index in [9.17, 15) is 9.59 Å². The molecule has 1 aromatic heterocycles. The molecule has 2 amide bonds. The van der Waals surface area contributed by atoms with E-state index in [1.54, 1.807) is 29.2 Å². The molecule has 0 aliphatic carbocycles. The molecule has 1 aliphatic rings. The lowest BCUT2D eigenvalue weighted by Crippen LogP contribution is -2.48. The van der Waals surface area contributed by atoms with Crippen molar-refractivity contribution in [3.8, 4) is 0 Å². The number of anilines is 1. The van der Waals surface area contributed by atoms with Crippen LogP contribution >= 0.6 is 23.2 Å². The van der Waals surface area contributed by atoms with Crippen LogP contribution in [0, 0.1) is 0 Å². The van der Waals surface area contributed by atoms with Gasteiger partial charge < -0.3 is 15.0 Å². The van der Waals surface area contributed by atoms with Gasteiger partial charge in [-0.05, 0) is 32.0 Å². The fourth-order valence-corrected chi connectivity index (χ4v) is 3.30. The van der Waals surface area contributed by atoms with Crippen LogP contribution in [0.3, 0.4) is 0 Å². The Morgan fingerprint density at radius 1 is 1.19 bits per heavy atom. The fraction of sp³-hybridized carbons (Fsp3) is 0.316. The highest BCUT2D eigenvalue weighted by Gasteiger charge is 2.28. The number of morpholine rings is 1. The van der Waals surface area contributed by atoms with Crippen LogP contribution in [0.5, 0.6) is 0 Å². The van der Waals surface area contributed by atoms with E-state index in [4.69, 9.17) is 27.9 Å². The second-order valence-electron chi connectivity index (χ2n) is 6.46. The molecule has 1 aromatic carbocycles. The van der Waals surface area contributed by atoms with Crippen LogP contribution in [0.25, 0.3) is 0 Å². The van der Waals surface area contributed by atoms with E-state index in [0.717, 1.165) is 0 Å². The van der Waals surface area contributed by atoms with Crippen molar-refractivity contribution in [2.75, 3.05) is 18.4 Å². The maximum absolute atomic E-state index is 13.0. The van der Waals surface area contributed by atoms with Crippen LogP contribution in [0.4, 0.5) is 5.69 Å². The third kappa shape index (κ3) is 4.58. The molecule has 1 N–H and O–H groups in total. The zero-order valence-electron chi connectivity index (χ0n) is 14.9. The molecule has 3 rings (SSSR count). The summed E-state index contributed by atoms with van der Waals surface area (Å²) in [7, 11) is 0. The van der Waals surface area contributed by atoms with Gasteiger partial charge in [-0.1, -0.05) is 35.3 Å². The maximum atomic E-state index is 13.0. The van der Waals surface area contributed by atoms with E-state index in [-0.39, 0.29) is 33.9 Å². The second kappa shape index (κ2) is 8.25. The monoisotopic (exact) mass is 407 g/mol. The van der Waals surface area contributed by atoms with Crippen LogP contribution in [0.15, 0.2) is 36.5 Å². The Labute approximate surface area is 167 Å². The lowest BCUT2D eigenvalue weighted by Gasteiger charge is -2.35. The second-order valence-corrected chi connectivity index (χ2v) is 7.23. The number of aromatic nitrogens is 1. The predicted molar refractivity (Wildman–Crippen MR) is 105 cm³/mol. The quantitative estimate of drug-likeness (QED) is 0.783. The SMILES string of the molecule is C[C@@H]1CN(C(=O)c2ccccc2NC(=O)c2cnc(Cl)c(Cl)c2)C[C@H](C)O1. The van der Waals surface area contributed by atoms with Gasteiger partial charge in [-0.2, -0.15) is 0 Å². The van der Waals surface area contributed by atoms with E-state index in [2.05, 4.69) is 10.3 Å². The first-order valence-corrected chi connectivity index (χ1v) is 9.27. The van der Waals surface area contributed by atoms with E-state index < -0.39 is 5.91 Å². The van der Waals surface area contributed by atoms with Crippen molar-refractivity contribution in [1.82, 2.24) is 9.88 Å². The highest BCUT2D eigenvalue weighted by molar-refractivity contribution is 6.41. The Hall–Kier alpha value is -2.15. The van der Waals surface area contributed by atoms with Gasteiger partial charge in [-0.3, -0.25) is 9.59 Å². The molecule has 0 unspecified atom stereocenters. The highest BCUT2D eigenvalue weighted by atomic mass is 35.5.